The number of likely N-dealkylation sites (tertiary alicyclic amines) is 1. The Hall–Kier alpha value is -3.14. The first-order chi connectivity index (χ1) is 15.3. The number of rotatable bonds is 5. The number of nitrogens with zero attached hydrogens (tertiary/aromatic N) is 4. The van der Waals surface area contributed by atoms with Crippen molar-refractivity contribution in [3.8, 4) is 17.0 Å². The van der Waals surface area contributed by atoms with Crippen molar-refractivity contribution in [2.45, 2.75) is 31.5 Å². The fourth-order valence-electron chi connectivity index (χ4n) is 3.91. The van der Waals surface area contributed by atoms with Crippen LogP contribution in [0.15, 0.2) is 36.5 Å². The average molecular weight is 448 g/mol. The van der Waals surface area contributed by atoms with Crippen LogP contribution in [0.1, 0.15) is 35.3 Å². The molecular formula is C22H23F3N4O3. The van der Waals surface area contributed by atoms with Crippen LogP contribution in [-0.4, -0.2) is 58.8 Å². The molecule has 0 radical (unpaired) electrons. The molecule has 0 aliphatic carbocycles. The number of aromatic nitrogens is 3. The van der Waals surface area contributed by atoms with Crippen LogP contribution in [0.3, 0.4) is 0 Å². The Morgan fingerprint density at radius 3 is 2.75 bits per heavy atom. The van der Waals surface area contributed by atoms with Crippen molar-refractivity contribution in [2.24, 2.45) is 0 Å². The normalized spacial score (nSPS) is 17.5. The van der Waals surface area contributed by atoms with Gasteiger partial charge in [-0.1, -0.05) is 18.6 Å². The Kier molecular flexibility index (Phi) is 6.05. The minimum absolute atomic E-state index is 0.0174. The van der Waals surface area contributed by atoms with E-state index < -0.39 is 17.8 Å². The van der Waals surface area contributed by atoms with Gasteiger partial charge in [-0.2, -0.15) is 18.3 Å². The van der Waals surface area contributed by atoms with Gasteiger partial charge in [-0.3, -0.25) is 0 Å². The van der Waals surface area contributed by atoms with E-state index >= 15 is 0 Å². The number of hydrogen-bond donors (Lipinski definition) is 0. The predicted octanol–water partition coefficient (Wildman–Crippen LogP) is 4.06. The summed E-state index contributed by atoms with van der Waals surface area (Å²) in [4.78, 5) is 19.2. The molecule has 10 heteroatoms. The third kappa shape index (κ3) is 4.27. The van der Waals surface area contributed by atoms with Crippen molar-refractivity contribution in [1.82, 2.24) is 19.5 Å². The molecule has 1 aromatic carbocycles. The van der Waals surface area contributed by atoms with Crippen LogP contribution in [0.25, 0.3) is 16.9 Å². The molecule has 0 amide bonds. The summed E-state index contributed by atoms with van der Waals surface area (Å²) in [6.07, 6.45) is -0.619. The van der Waals surface area contributed by atoms with Gasteiger partial charge in [-0.25, -0.2) is 14.3 Å². The number of hydrogen-bond acceptors (Lipinski definition) is 6. The quantitative estimate of drug-likeness (QED) is 0.549. The second-order valence-electron chi connectivity index (χ2n) is 7.75. The van der Waals surface area contributed by atoms with Crippen LogP contribution < -0.4 is 4.74 Å². The highest BCUT2D eigenvalue weighted by atomic mass is 19.4. The molecule has 0 unspecified atom stereocenters. The Balaban J connectivity index is 1.73. The number of carbonyl (C=O) groups is 1. The number of likely N-dealkylation sites (N-methyl/N-ethyl adjacent to an activating group) is 1. The number of piperidine rings is 1. The third-order valence-electron chi connectivity index (χ3n) is 5.69. The predicted molar refractivity (Wildman–Crippen MR) is 111 cm³/mol. The molecule has 3 aromatic rings. The van der Waals surface area contributed by atoms with Crippen molar-refractivity contribution < 1.29 is 27.4 Å². The number of esters is 1. The Bertz CT molecular complexity index is 1130. The van der Waals surface area contributed by atoms with E-state index in [1.807, 2.05) is 7.05 Å². The number of fused-ring (bicyclic) bond motifs is 1. The van der Waals surface area contributed by atoms with Crippen LogP contribution in [0.2, 0.25) is 0 Å². The average Bonchev–Trinajstić information content (AvgIpc) is 3.21. The van der Waals surface area contributed by atoms with Gasteiger partial charge in [-0.05, 0) is 44.6 Å². The van der Waals surface area contributed by atoms with Crippen molar-refractivity contribution >= 4 is 11.6 Å². The Morgan fingerprint density at radius 1 is 1.25 bits per heavy atom. The zero-order valence-electron chi connectivity index (χ0n) is 17.7. The number of methoxy groups -OCH3 is 1. The largest absolute Gasteiger partial charge is 0.496 e. The molecule has 1 fully saturated rings. The molecule has 170 valence electrons. The summed E-state index contributed by atoms with van der Waals surface area (Å²) in [5.74, 6) is -0.391. The zero-order chi connectivity index (χ0) is 22.9. The number of carbonyl (C=O) groups excluding carboxylic acids is 1. The Morgan fingerprint density at radius 2 is 2.03 bits per heavy atom. The van der Waals surface area contributed by atoms with Gasteiger partial charge in [-0.15, -0.1) is 0 Å². The standard InChI is InChI=1S/C22H23F3N4O3/c1-28-10-6-5-7-14(28)13-32-21(30)16-12-26-29-19(22(23,24)25)11-17(27-20(16)29)15-8-3-4-9-18(15)31-2/h3-4,8-9,11-12,14H,5-7,10,13H2,1-2H3/t14-/m1/s1. The van der Waals surface area contributed by atoms with E-state index in [2.05, 4.69) is 15.0 Å². The van der Waals surface area contributed by atoms with E-state index in [-0.39, 0.29) is 29.6 Å². The Labute approximate surface area is 182 Å². The number of alkyl halides is 3. The van der Waals surface area contributed by atoms with E-state index in [1.165, 1.54) is 7.11 Å². The van der Waals surface area contributed by atoms with Crippen LogP contribution in [0, 0.1) is 0 Å². The lowest BCUT2D eigenvalue weighted by atomic mass is 10.0. The second-order valence-corrected chi connectivity index (χ2v) is 7.75. The molecule has 0 spiro atoms. The van der Waals surface area contributed by atoms with Crippen molar-refractivity contribution in [1.29, 1.82) is 0 Å². The summed E-state index contributed by atoms with van der Waals surface area (Å²) < 4.78 is 52.7. The van der Waals surface area contributed by atoms with E-state index in [9.17, 15) is 18.0 Å². The second kappa shape index (κ2) is 8.78. The molecule has 1 aliphatic heterocycles. The van der Waals surface area contributed by atoms with Crippen LogP contribution >= 0.6 is 0 Å². The van der Waals surface area contributed by atoms with E-state index in [0.29, 0.717) is 15.8 Å². The maximum atomic E-state index is 13.8. The smallest absolute Gasteiger partial charge is 0.433 e. The zero-order valence-corrected chi connectivity index (χ0v) is 17.7. The molecule has 0 saturated carbocycles. The van der Waals surface area contributed by atoms with E-state index in [1.54, 1.807) is 24.3 Å². The fourth-order valence-corrected chi connectivity index (χ4v) is 3.91. The lowest BCUT2D eigenvalue weighted by Gasteiger charge is -2.31. The van der Waals surface area contributed by atoms with Crippen LogP contribution in [0.4, 0.5) is 13.2 Å². The molecule has 4 rings (SSSR count). The van der Waals surface area contributed by atoms with Gasteiger partial charge in [0, 0.05) is 11.6 Å². The monoisotopic (exact) mass is 448 g/mol. The minimum atomic E-state index is -4.71. The van der Waals surface area contributed by atoms with E-state index in [4.69, 9.17) is 9.47 Å². The van der Waals surface area contributed by atoms with Crippen LogP contribution in [0.5, 0.6) is 5.75 Å². The summed E-state index contributed by atoms with van der Waals surface area (Å²) in [6.45, 7) is 1.07. The molecule has 0 N–H and O–H groups in total. The summed E-state index contributed by atoms with van der Waals surface area (Å²) >= 11 is 0. The molecule has 2 aromatic heterocycles. The molecule has 7 nitrogen and oxygen atoms in total. The van der Waals surface area contributed by atoms with Gasteiger partial charge < -0.3 is 14.4 Å². The summed E-state index contributed by atoms with van der Waals surface area (Å²) in [5.41, 5.74) is -1.00. The maximum Gasteiger partial charge on any atom is 0.433 e. The maximum absolute atomic E-state index is 13.8. The molecular weight excluding hydrogens is 425 g/mol. The number of benzene rings is 1. The fraction of sp³-hybridized carbons (Fsp3) is 0.409. The molecule has 32 heavy (non-hydrogen) atoms. The first-order valence-electron chi connectivity index (χ1n) is 10.3. The van der Waals surface area contributed by atoms with Gasteiger partial charge in [0.05, 0.1) is 19.0 Å². The molecule has 1 saturated heterocycles. The number of para-hydroxylation sites is 1. The SMILES string of the molecule is COc1ccccc1-c1cc(C(F)(F)F)n2ncc(C(=O)OC[C@H]3CCCCN3C)c2n1. The van der Waals surface area contributed by atoms with Crippen LogP contribution in [-0.2, 0) is 10.9 Å². The van der Waals surface area contributed by atoms with Gasteiger partial charge in [0.15, 0.2) is 11.3 Å². The minimum Gasteiger partial charge on any atom is -0.496 e. The highest BCUT2D eigenvalue weighted by molar-refractivity contribution is 5.96. The van der Waals surface area contributed by atoms with Gasteiger partial charge in [0.2, 0.25) is 0 Å². The topological polar surface area (TPSA) is 69.0 Å². The molecule has 1 atom stereocenters. The summed E-state index contributed by atoms with van der Waals surface area (Å²) in [7, 11) is 3.38. The lowest BCUT2D eigenvalue weighted by Crippen LogP contribution is -2.39. The first-order valence-corrected chi connectivity index (χ1v) is 10.3. The van der Waals surface area contributed by atoms with Crippen molar-refractivity contribution in [3.63, 3.8) is 0 Å². The highest BCUT2D eigenvalue weighted by Crippen LogP contribution is 2.35. The molecule has 0 bridgehead atoms. The number of halogens is 3. The lowest BCUT2D eigenvalue weighted by molar-refractivity contribution is -0.142. The summed E-state index contributed by atoms with van der Waals surface area (Å²) in [6, 6.07) is 7.58. The van der Waals surface area contributed by atoms with Gasteiger partial charge in [0.1, 0.15) is 17.9 Å². The number of ether oxygens (including phenoxy) is 2. The highest BCUT2D eigenvalue weighted by Gasteiger charge is 2.36. The third-order valence-corrected chi connectivity index (χ3v) is 5.69. The molecule has 3 heterocycles. The van der Waals surface area contributed by atoms with Gasteiger partial charge in [0.25, 0.3) is 0 Å². The van der Waals surface area contributed by atoms with Gasteiger partial charge >= 0.3 is 12.1 Å². The van der Waals surface area contributed by atoms with Crippen molar-refractivity contribution in [2.75, 3.05) is 27.3 Å². The van der Waals surface area contributed by atoms with E-state index in [0.717, 1.165) is 38.1 Å². The first kappa shape index (κ1) is 22.1. The summed E-state index contributed by atoms with van der Waals surface area (Å²) in [5, 5.41) is 3.78. The molecule has 1 aliphatic rings. The van der Waals surface area contributed by atoms with Crippen molar-refractivity contribution in [3.05, 3.63) is 47.8 Å².